The molecule has 0 aliphatic carbocycles. The number of fused-ring (bicyclic) bond motifs is 1. The second-order valence-electron chi connectivity index (χ2n) is 4.64. The fourth-order valence-corrected chi connectivity index (χ4v) is 2.52. The van der Waals surface area contributed by atoms with Gasteiger partial charge in [0.2, 0.25) is 0 Å². The minimum Gasteiger partial charge on any atom is -0.465 e. The highest BCUT2D eigenvalue weighted by Crippen LogP contribution is 2.40. The molecule has 3 nitrogen and oxygen atoms in total. The number of ether oxygens (including phenoxy) is 1. The summed E-state index contributed by atoms with van der Waals surface area (Å²) in [4.78, 5) is 0. The van der Waals surface area contributed by atoms with Crippen LogP contribution in [0.15, 0.2) is 48.5 Å². The van der Waals surface area contributed by atoms with Gasteiger partial charge >= 0.3 is 0 Å². The van der Waals surface area contributed by atoms with Crippen LogP contribution in [0.25, 0.3) is 0 Å². The average Bonchev–Trinajstić information content (AvgIpc) is 2.47. The van der Waals surface area contributed by atoms with Crippen LogP contribution in [0.4, 0.5) is 0 Å². The molecule has 1 aliphatic heterocycles. The van der Waals surface area contributed by atoms with Gasteiger partial charge in [0, 0.05) is 17.9 Å². The van der Waals surface area contributed by atoms with Crippen molar-refractivity contribution < 1.29 is 9.84 Å². The van der Waals surface area contributed by atoms with Crippen LogP contribution in [-0.4, -0.2) is 11.4 Å². The summed E-state index contributed by atoms with van der Waals surface area (Å²) in [5.41, 5.74) is 2.71. The summed E-state index contributed by atoms with van der Waals surface area (Å²) in [6, 6.07) is 17.4. The summed E-state index contributed by atoms with van der Waals surface area (Å²) in [5.74, 6) is 0.722. The van der Waals surface area contributed by atoms with Crippen molar-refractivity contribution in [3.8, 4) is 11.8 Å². The standard InChI is InChI=1S/C16H13NO2/c17-10-11-6-7-15-14(8-11)13(9-16(18)19-15)12-4-2-1-3-5-12/h1-8,13,16,18H,9H2. The highest BCUT2D eigenvalue weighted by Gasteiger charge is 2.28. The number of rotatable bonds is 1. The summed E-state index contributed by atoms with van der Waals surface area (Å²) < 4.78 is 5.43. The molecule has 2 aromatic rings. The van der Waals surface area contributed by atoms with E-state index in [2.05, 4.69) is 6.07 Å². The van der Waals surface area contributed by atoms with E-state index in [9.17, 15) is 5.11 Å². The molecule has 0 spiro atoms. The van der Waals surface area contributed by atoms with Crippen molar-refractivity contribution in [2.24, 2.45) is 0 Å². The predicted molar refractivity (Wildman–Crippen MR) is 70.7 cm³/mol. The second-order valence-corrected chi connectivity index (χ2v) is 4.64. The number of nitrogens with zero attached hydrogens (tertiary/aromatic N) is 1. The molecule has 0 saturated heterocycles. The van der Waals surface area contributed by atoms with Crippen LogP contribution >= 0.6 is 0 Å². The van der Waals surface area contributed by atoms with Crippen molar-refractivity contribution in [3.05, 3.63) is 65.2 Å². The molecule has 0 bridgehead atoms. The molecule has 1 aliphatic rings. The lowest BCUT2D eigenvalue weighted by molar-refractivity contribution is -0.0359. The SMILES string of the molecule is N#Cc1ccc2c(c1)C(c1ccccc1)CC(O)O2. The lowest BCUT2D eigenvalue weighted by Crippen LogP contribution is -2.25. The Hall–Kier alpha value is -2.31. The number of hydrogen-bond acceptors (Lipinski definition) is 3. The third-order valence-electron chi connectivity index (χ3n) is 3.42. The van der Waals surface area contributed by atoms with Crippen molar-refractivity contribution in [1.82, 2.24) is 0 Å². The van der Waals surface area contributed by atoms with Gasteiger partial charge < -0.3 is 9.84 Å². The van der Waals surface area contributed by atoms with Gasteiger partial charge in [-0.05, 0) is 23.8 Å². The zero-order valence-electron chi connectivity index (χ0n) is 10.3. The fraction of sp³-hybridized carbons (Fsp3) is 0.188. The summed E-state index contributed by atoms with van der Waals surface area (Å²) in [6.45, 7) is 0. The van der Waals surface area contributed by atoms with E-state index in [1.54, 1.807) is 12.1 Å². The van der Waals surface area contributed by atoms with E-state index in [-0.39, 0.29) is 5.92 Å². The van der Waals surface area contributed by atoms with Gasteiger partial charge in [-0.3, -0.25) is 0 Å². The minimum atomic E-state index is -0.800. The third-order valence-corrected chi connectivity index (χ3v) is 3.42. The van der Waals surface area contributed by atoms with Gasteiger partial charge in [0.25, 0.3) is 0 Å². The topological polar surface area (TPSA) is 53.2 Å². The monoisotopic (exact) mass is 251 g/mol. The van der Waals surface area contributed by atoms with Crippen molar-refractivity contribution >= 4 is 0 Å². The van der Waals surface area contributed by atoms with Gasteiger partial charge in [-0.25, -0.2) is 0 Å². The quantitative estimate of drug-likeness (QED) is 0.847. The van der Waals surface area contributed by atoms with E-state index < -0.39 is 6.29 Å². The molecule has 0 amide bonds. The van der Waals surface area contributed by atoms with Gasteiger partial charge in [-0.2, -0.15) is 5.26 Å². The molecule has 1 N–H and O–H groups in total. The largest absolute Gasteiger partial charge is 0.465 e. The Morgan fingerprint density at radius 1 is 1.16 bits per heavy atom. The first kappa shape index (κ1) is 11.8. The van der Waals surface area contributed by atoms with Gasteiger partial charge in [-0.1, -0.05) is 30.3 Å². The van der Waals surface area contributed by atoms with Crippen LogP contribution in [0, 0.1) is 11.3 Å². The number of aliphatic hydroxyl groups excluding tert-OH is 1. The first-order valence-electron chi connectivity index (χ1n) is 6.21. The predicted octanol–water partition coefficient (Wildman–Crippen LogP) is 2.79. The van der Waals surface area contributed by atoms with Crippen molar-refractivity contribution in [2.45, 2.75) is 18.6 Å². The number of aliphatic hydroxyl groups is 1. The third kappa shape index (κ3) is 2.18. The smallest absolute Gasteiger partial charge is 0.198 e. The Bertz CT molecular complexity index is 631. The Morgan fingerprint density at radius 3 is 2.68 bits per heavy atom. The Balaban J connectivity index is 2.11. The molecular weight excluding hydrogens is 238 g/mol. The first-order chi connectivity index (χ1) is 9.28. The molecular formula is C16H13NO2. The molecule has 94 valence electrons. The fourth-order valence-electron chi connectivity index (χ4n) is 2.52. The maximum atomic E-state index is 9.83. The van der Waals surface area contributed by atoms with Crippen molar-refractivity contribution in [1.29, 1.82) is 5.26 Å². The molecule has 2 atom stereocenters. The molecule has 2 aromatic carbocycles. The lowest BCUT2D eigenvalue weighted by Gasteiger charge is -2.29. The molecule has 1 heterocycles. The number of nitriles is 1. The molecule has 0 saturated carbocycles. The van der Waals surface area contributed by atoms with Crippen LogP contribution < -0.4 is 4.74 Å². The Kier molecular flexibility index (Phi) is 2.94. The van der Waals surface area contributed by atoms with E-state index in [0.717, 1.165) is 11.1 Å². The molecule has 2 unspecified atom stereocenters. The zero-order valence-corrected chi connectivity index (χ0v) is 10.3. The highest BCUT2D eigenvalue weighted by molar-refractivity contribution is 5.48. The molecule has 0 aromatic heterocycles. The van der Waals surface area contributed by atoms with E-state index in [0.29, 0.717) is 17.7 Å². The van der Waals surface area contributed by atoms with Crippen LogP contribution in [0.5, 0.6) is 5.75 Å². The lowest BCUT2D eigenvalue weighted by atomic mass is 9.85. The van der Waals surface area contributed by atoms with E-state index >= 15 is 0 Å². The van der Waals surface area contributed by atoms with Gasteiger partial charge in [0.1, 0.15) is 5.75 Å². The summed E-state index contributed by atoms with van der Waals surface area (Å²) in [5, 5.41) is 18.8. The Morgan fingerprint density at radius 2 is 1.95 bits per heavy atom. The maximum Gasteiger partial charge on any atom is 0.198 e. The summed E-state index contributed by atoms with van der Waals surface area (Å²) in [6.07, 6.45) is -0.294. The van der Waals surface area contributed by atoms with Gasteiger partial charge in [0.15, 0.2) is 6.29 Å². The summed E-state index contributed by atoms with van der Waals surface area (Å²) in [7, 11) is 0. The van der Waals surface area contributed by atoms with Crippen LogP contribution in [0.2, 0.25) is 0 Å². The first-order valence-corrected chi connectivity index (χ1v) is 6.21. The molecule has 3 heteroatoms. The highest BCUT2D eigenvalue weighted by atomic mass is 16.6. The number of benzene rings is 2. The maximum absolute atomic E-state index is 9.83. The Labute approximate surface area is 111 Å². The van der Waals surface area contributed by atoms with Crippen LogP contribution in [-0.2, 0) is 0 Å². The number of hydrogen-bond donors (Lipinski definition) is 1. The normalized spacial score (nSPS) is 21.1. The minimum absolute atomic E-state index is 0.0632. The average molecular weight is 251 g/mol. The molecule has 3 rings (SSSR count). The molecule has 0 fully saturated rings. The van der Waals surface area contributed by atoms with Crippen LogP contribution in [0.1, 0.15) is 29.0 Å². The second kappa shape index (κ2) is 4.75. The van der Waals surface area contributed by atoms with E-state index in [1.165, 1.54) is 0 Å². The zero-order chi connectivity index (χ0) is 13.2. The van der Waals surface area contributed by atoms with Crippen molar-refractivity contribution in [2.75, 3.05) is 0 Å². The van der Waals surface area contributed by atoms with E-state index in [1.807, 2.05) is 36.4 Å². The van der Waals surface area contributed by atoms with Gasteiger partial charge in [0.05, 0.1) is 11.6 Å². The molecule has 0 radical (unpaired) electrons. The summed E-state index contributed by atoms with van der Waals surface area (Å²) >= 11 is 0. The molecule has 19 heavy (non-hydrogen) atoms. The van der Waals surface area contributed by atoms with Crippen molar-refractivity contribution in [3.63, 3.8) is 0 Å². The van der Waals surface area contributed by atoms with Crippen LogP contribution in [0.3, 0.4) is 0 Å². The van der Waals surface area contributed by atoms with E-state index in [4.69, 9.17) is 10.00 Å². The van der Waals surface area contributed by atoms with Gasteiger partial charge in [-0.15, -0.1) is 0 Å².